The number of anilines is 2. The zero-order valence-corrected chi connectivity index (χ0v) is 17.5. The smallest absolute Gasteiger partial charge is 0.267 e. The van der Waals surface area contributed by atoms with Crippen molar-refractivity contribution in [3.63, 3.8) is 0 Å². The molecule has 0 fully saturated rings. The Kier molecular flexibility index (Phi) is 5.32. The Bertz CT molecular complexity index is 1240. The second-order valence-electron chi connectivity index (χ2n) is 6.18. The Morgan fingerprint density at radius 3 is 2.72 bits per heavy atom. The number of hydrogen-bond acceptors (Lipinski definition) is 5. The van der Waals surface area contributed by atoms with Gasteiger partial charge in [-0.25, -0.2) is 4.98 Å². The lowest BCUT2D eigenvalue weighted by Crippen LogP contribution is -2.12. The minimum Gasteiger partial charge on any atom is -0.497 e. The number of carbonyl (C=O) groups is 1. The lowest BCUT2D eigenvalue weighted by atomic mass is 10.1. The van der Waals surface area contributed by atoms with Crippen molar-refractivity contribution in [2.24, 2.45) is 0 Å². The van der Waals surface area contributed by atoms with E-state index in [0.717, 1.165) is 22.4 Å². The Balaban J connectivity index is 1.70. The van der Waals surface area contributed by atoms with Crippen LogP contribution in [0.1, 0.15) is 9.67 Å². The van der Waals surface area contributed by atoms with Crippen molar-refractivity contribution in [3.8, 4) is 17.0 Å². The molecule has 8 heteroatoms. The van der Waals surface area contributed by atoms with Crippen LogP contribution in [-0.2, 0) is 0 Å². The molecule has 5 nitrogen and oxygen atoms in total. The maximum atomic E-state index is 12.8. The molecule has 0 unspecified atom stereocenters. The van der Waals surface area contributed by atoms with Crippen LogP contribution in [0.5, 0.6) is 5.75 Å². The highest BCUT2D eigenvalue weighted by Crippen LogP contribution is 2.36. The van der Waals surface area contributed by atoms with E-state index in [9.17, 15) is 4.79 Å². The summed E-state index contributed by atoms with van der Waals surface area (Å²) in [6.45, 7) is 0. The molecule has 4 aromatic rings. The number of fused-ring (bicyclic) bond motifs is 1. The van der Waals surface area contributed by atoms with Gasteiger partial charge in [-0.05, 0) is 36.4 Å². The molecule has 146 valence electrons. The van der Waals surface area contributed by atoms with Crippen molar-refractivity contribution in [3.05, 3.63) is 69.5 Å². The Hall–Kier alpha value is -2.80. The first-order chi connectivity index (χ1) is 14.0. The van der Waals surface area contributed by atoms with Crippen LogP contribution in [0.15, 0.2) is 54.6 Å². The lowest BCUT2D eigenvalue weighted by molar-refractivity contribution is 0.103. The maximum Gasteiger partial charge on any atom is 0.267 e. The van der Waals surface area contributed by atoms with Gasteiger partial charge in [0, 0.05) is 10.9 Å². The number of nitrogens with two attached hydrogens (primary N) is 1. The number of amides is 1. The van der Waals surface area contributed by atoms with Gasteiger partial charge in [0.05, 0.1) is 34.2 Å². The molecule has 2 aromatic heterocycles. The first-order valence-corrected chi connectivity index (χ1v) is 10.1. The largest absolute Gasteiger partial charge is 0.497 e. The number of hydrogen-bond donors (Lipinski definition) is 2. The number of nitrogen functional groups attached to an aromatic ring is 1. The fourth-order valence-corrected chi connectivity index (χ4v) is 4.23. The minimum absolute atomic E-state index is 0.278. The molecule has 29 heavy (non-hydrogen) atoms. The van der Waals surface area contributed by atoms with E-state index in [-0.39, 0.29) is 10.9 Å². The third kappa shape index (κ3) is 3.74. The first kappa shape index (κ1) is 19.5. The summed E-state index contributed by atoms with van der Waals surface area (Å²) in [5.74, 6) is 0.381. The summed E-state index contributed by atoms with van der Waals surface area (Å²) in [6.07, 6.45) is 0. The standard InChI is InChI=1S/C21H15Cl2N3O2S/c1-28-12-5-2-4-11(10-12)15-9-8-13-18(24)19(29-21(13)26-15)20(27)25-16-7-3-6-14(22)17(16)23/h2-10H,24H2,1H3,(H,25,27). The molecule has 1 amide bonds. The summed E-state index contributed by atoms with van der Waals surface area (Å²) >= 11 is 13.4. The summed E-state index contributed by atoms with van der Waals surface area (Å²) in [7, 11) is 1.62. The van der Waals surface area contributed by atoms with Gasteiger partial charge >= 0.3 is 0 Å². The predicted octanol–water partition coefficient (Wildman–Crippen LogP) is 6.11. The number of rotatable bonds is 4. The third-order valence-corrected chi connectivity index (χ3v) is 6.30. The van der Waals surface area contributed by atoms with Gasteiger partial charge < -0.3 is 15.8 Å². The number of halogens is 2. The van der Waals surface area contributed by atoms with Crippen LogP contribution in [0, 0.1) is 0 Å². The van der Waals surface area contributed by atoms with Crippen molar-refractivity contribution in [2.75, 3.05) is 18.2 Å². The molecule has 2 heterocycles. The molecule has 0 radical (unpaired) electrons. The van der Waals surface area contributed by atoms with Gasteiger partial charge in [0.15, 0.2) is 0 Å². The average Bonchev–Trinajstić information content (AvgIpc) is 3.07. The number of carbonyl (C=O) groups excluding carboxylic acids is 1. The van der Waals surface area contributed by atoms with Crippen LogP contribution in [0.25, 0.3) is 21.5 Å². The molecular weight excluding hydrogens is 429 g/mol. The molecule has 0 saturated heterocycles. The molecule has 4 rings (SSSR count). The zero-order chi connectivity index (χ0) is 20.5. The molecule has 0 aliphatic rings. The number of benzene rings is 2. The Labute approximate surface area is 181 Å². The quantitative estimate of drug-likeness (QED) is 0.398. The Morgan fingerprint density at radius 2 is 1.93 bits per heavy atom. The number of nitrogens with one attached hydrogen (secondary N) is 1. The number of pyridine rings is 1. The van der Waals surface area contributed by atoms with E-state index in [2.05, 4.69) is 10.3 Å². The van der Waals surface area contributed by atoms with Gasteiger partial charge in [-0.2, -0.15) is 0 Å². The Morgan fingerprint density at radius 1 is 1.14 bits per heavy atom. The van der Waals surface area contributed by atoms with Crippen LogP contribution in [-0.4, -0.2) is 18.0 Å². The highest BCUT2D eigenvalue weighted by Gasteiger charge is 2.19. The number of ether oxygens (including phenoxy) is 1. The maximum absolute atomic E-state index is 12.8. The molecule has 0 aliphatic carbocycles. The van der Waals surface area contributed by atoms with Crippen molar-refractivity contribution in [2.45, 2.75) is 0 Å². The van der Waals surface area contributed by atoms with Crippen LogP contribution < -0.4 is 15.8 Å². The second-order valence-corrected chi connectivity index (χ2v) is 7.97. The predicted molar refractivity (Wildman–Crippen MR) is 120 cm³/mol. The van der Waals surface area contributed by atoms with Gasteiger partial charge in [-0.15, -0.1) is 11.3 Å². The number of aromatic nitrogens is 1. The highest BCUT2D eigenvalue weighted by atomic mass is 35.5. The molecule has 0 spiro atoms. The highest BCUT2D eigenvalue weighted by molar-refractivity contribution is 7.21. The van der Waals surface area contributed by atoms with E-state index in [0.29, 0.717) is 26.1 Å². The molecule has 0 bridgehead atoms. The van der Waals surface area contributed by atoms with E-state index >= 15 is 0 Å². The van der Waals surface area contributed by atoms with E-state index in [1.165, 1.54) is 11.3 Å². The van der Waals surface area contributed by atoms with Crippen LogP contribution in [0.2, 0.25) is 10.0 Å². The summed E-state index contributed by atoms with van der Waals surface area (Å²) in [4.78, 5) is 18.5. The molecule has 0 aliphatic heterocycles. The average molecular weight is 444 g/mol. The SMILES string of the molecule is COc1cccc(-c2ccc3c(N)c(C(=O)Nc4cccc(Cl)c4Cl)sc3n2)c1. The van der Waals surface area contributed by atoms with E-state index in [1.54, 1.807) is 25.3 Å². The molecule has 2 aromatic carbocycles. The van der Waals surface area contributed by atoms with Gasteiger partial charge in [0.1, 0.15) is 15.5 Å². The monoisotopic (exact) mass is 443 g/mol. The van der Waals surface area contributed by atoms with Gasteiger partial charge in [-0.3, -0.25) is 4.79 Å². The molecule has 3 N–H and O–H groups in total. The van der Waals surface area contributed by atoms with Gasteiger partial charge in [0.25, 0.3) is 5.91 Å². The lowest BCUT2D eigenvalue weighted by Gasteiger charge is -2.07. The summed E-state index contributed by atoms with van der Waals surface area (Å²) in [5.41, 5.74) is 8.71. The topological polar surface area (TPSA) is 77.2 Å². The van der Waals surface area contributed by atoms with Crippen LogP contribution in [0.4, 0.5) is 11.4 Å². The molecule has 0 saturated carbocycles. The van der Waals surface area contributed by atoms with Crippen molar-refractivity contribution >= 4 is 62.0 Å². The zero-order valence-electron chi connectivity index (χ0n) is 15.2. The van der Waals surface area contributed by atoms with E-state index in [4.69, 9.17) is 33.7 Å². The van der Waals surface area contributed by atoms with E-state index < -0.39 is 0 Å². The summed E-state index contributed by atoms with van der Waals surface area (Å²) in [5, 5.41) is 4.13. The number of methoxy groups -OCH3 is 1. The fourth-order valence-electron chi connectivity index (χ4n) is 2.89. The van der Waals surface area contributed by atoms with Crippen molar-refractivity contribution in [1.29, 1.82) is 0 Å². The number of thiophene rings is 1. The normalized spacial score (nSPS) is 10.9. The van der Waals surface area contributed by atoms with Crippen LogP contribution >= 0.6 is 34.5 Å². The molecule has 0 atom stereocenters. The fraction of sp³-hybridized carbons (Fsp3) is 0.0476. The molecular formula is C21H15Cl2N3O2S. The van der Waals surface area contributed by atoms with Crippen LogP contribution in [0.3, 0.4) is 0 Å². The van der Waals surface area contributed by atoms with Gasteiger partial charge in [-0.1, -0.05) is 41.4 Å². The number of nitrogens with zero attached hydrogens (tertiary/aromatic N) is 1. The van der Waals surface area contributed by atoms with E-state index in [1.807, 2.05) is 36.4 Å². The first-order valence-electron chi connectivity index (χ1n) is 8.56. The summed E-state index contributed by atoms with van der Waals surface area (Å²) in [6, 6.07) is 16.4. The third-order valence-electron chi connectivity index (χ3n) is 4.37. The minimum atomic E-state index is -0.363. The summed E-state index contributed by atoms with van der Waals surface area (Å²) < 4.78 is 5.27. The van der Waals surface area contributed by atoms with Gasteiger partial charge in [0.2, 0.25) is 0 Å². The van der Waals surface area contributed by atoms with Crippen molar-refractivity contribution < 1.29 is 9.53 Å². The van der Waals surface area contributed by atoms with Crippen molar-refractivity contribution in [1.82, 2.24) is 4.98 Å². The second kappa shape index (κ2) is 7.91.